The van der Waals surface area contributed by atoms with Crippen LogP contribution in [0.2, 0.25) is 0 Å². The number of H-pyrrole nitrogens is 1. The van der Waals surface area contributed by atoms with Crippen molar-refractivity contribution < 1.29 is 32.3 Å². The van der Waals surface area contributed by atoms with Gasteiger partial charge in [-0.25, -0.2) is 18.0 Å². The average Bonchev–Trinajstić information content (AvgIpc) is 3.00. The molecule has 168 valence electrons. The van der Waals surface area contributed by atoms with E-state index in [4.69, 9.17) is 9.47 Å². The maximum Gasteiger partial charge on any atom is 0.355 e. The average molecular weight is 451 g/mol. The fourth-order valence-electron chi connectivity index (χ4n) is 3.07. The Morgan fingerprint density at radius 3 is 2.42 bits per heavy atom. The van der Waals surface area contributed by atoms with Gasteiger partial charge < -0.3 is 14.5 Å². The number of ketones is 1. The largest absolute Gasteiger partial charge is 0.461 e. The number of benzene rings is 1. The van der Waals surface area contributed by atoms with E-state index in [2.05, 4.69) is 9.71 Å². The summed E-state index contributed by atoms with van der Waals surface area (Å²) in [5.74, 6) is -1.86. The zero-order chi connectivity index (χ0) is 23.2. The van der Waals surface area contributed by atoms with Crippen LogP contribution in [0.3, 0.4) is 0 Å². The molecule has 0 atom stereocenters. The van der Waals surface area contributed by atoms with Crippen molar-refractivity contribution in [1.82, 2.24) is 4.98 Å². The van der Waals surface area contributed by atoms with E-state index in [1.54, 1.807) is 27.7 Å². The Morgan fingerprint density at radius 1 is 1.06 bits per heavy atom. The molecule has 0 unspecified atom stereocenters. The SMILES string of the molecule is CCCS(=O)(=O)Nc1cccc(C(=O)OCC(=O)c2c(C)[nH]c(C(=O)OCC)c2C)c1. The molecule has 0 aliphatic carbocycles. The third kappa shape index (κ3) is 6.17. The van der Waals surface area contributed by atoms with Crippen LogP contribution in [-0.4, -0.2) is 50.1 Å². The van der Waals surface area contributed by atoms with Gasteiger partial charge in [-0.05, 0) is 51.0 Å². The Labute approximate surface area is 181 Å². The highest BCUT2D eigenvalue weighted by Gasteiger charge is 2.23. The molecule has 2 rings (SSSR count). The second kappa shape index (κ2) is 10.3. The van der Waals surface area contributed by atoms with E-state index in [0.717, 1.165) is 0 Å². The van der Waals surface area contributed by atoms with Crippen molar-refractivity contribution in [2.75, 3.05) is 23.7 Å². The van der Waals surface area contributed by atoms with E-state index in [-0.39, 0.29) is 34.9 Å². The summed E-state index contributed by atoms with van der Waals surface area (Å²) in [5, 5.41) is 0. The Morgan fingerprint density at radius 2 is 1.77 bits per heavy atom. The number of esters is 2. The highest BCUT2D eigenvalue weighted by Crippen LogP contribution is 2.20. The van der Waals surface area contributed by atoms with Gasteiger partial charge in [0.15, 0.2) is 6.61 Å². The number of aromatic nitrogens is 1. The molecule has 0 aliphatic heterocycles. The smallest absolute Gasteiger partial charge is 0.355 e. The minimum Gasteiger partial charge on any atom is -0.461 e. The molecule has 9 nitrogen and oxygen atoms in total. The monoisotopic (exact) mass is 450 g/mol. The quantitative estimate of drug-likeness (QED) is 0.420. The van der Waals surface area contributed by atoms with Gasteiger partial charge in [0.1, 0.15) is 5.69 Å². The molecule has 0 aliphatic rings. The fourth-order valence-corrected chi connectivity index (χ4v) is 4.20. The Balaban J connectivity index is 2.09. The highest BCUT2D eigenvalue weighted by molar-refractivity contribution is 7.92. The zero-order valence-corrected chi connectivity index (χ0v) is 18.7. The summed E-state index contributed by atoms with van der Waals surface area (Å²) in [7, 11) is -3.50. The van der Waals surface area contributed by atoms with E-state index >= 15 is 0 Å². The molecule has 2 N–H and O–H groups in total. The molecule has 1 heterocycles. The number of aromatic amines is 1. The number of ether oxygens (including phenoxy) is 2. The molecule has 0 saturated carbocycles. The molecular formula is C21H26N2O7S. The van der Waals surface area contributed by atoms with Crippen molar-refractivity contribution in [3.8, 4) is 0 Å². The molecule has 2 aromatic rings. The maximum absolute atomic E-state index is 12.6. The lowest BCUT2D eigenvalue weighted by molar-refractivity contribution is 0.0473. The van der Waals surface area contributed by atoms with Crippen molar-refractivity contribution in [2.45, 2.75) is 34.1 Å². The molecule has 0 bridgehead atoms. The van der Waals surface area contributed by atoms with E-state index in [1.807, 2.05) is 0 Å². The number of anilines is 1. The van der Waals surface area contributed by atoms with Crippen LogP contribution in [0, 0.1) is 13.8 Å². The predicted molar refractivity (Wildman–Crippen MR) is 115 cm³/mol. The Bertz CT molecular complexity index is 1090. The van der Waals surface area contributed by atoms with Crippen LogP contribution in [0.5, 0.6) is 0 Å². The molecule has 31 heavy (non-hydrogen) atoms. The van der Waals surface area contributed by atoms with Gasteiger partial charge in [0, 0.05) is 16.9 Å². The summed E-state index contributed by atoms with van der Waals surface area (Å²) >= 11 is 0. The second-order valence-electron chi connectivity index (χ2n) is 6.85. The standard InChI is InChI=1S/C21H26N2O7S/c1-5-10-31(27,28)23-16-9-7-8-15(11-16)20(25)30-12-17(24)18-13(3)19(22-14(18)4)21(26)29-6-2/h7-9,11,22-23H,5-6,10,12H2,1-4H3. The lowest BCUT2D eigenvalue weighted by Gasteiger charge is -2.09. The minimum atomic E-state index is -3.50. The van der Waals surface area contributed by atoms with E-state index < -0.39 is 34.4 Å². The van der Waals surface area contributed by atoms with Gasteiger partial charge >= 0.3 is 11.9 Å². The summed E-state index contributed by atoms with van der Waals surface area (Å²) in [5.41, 5.74) is 1.65. The summed E-state index contributed by atoms with van der Waals surface area (Å²) < 4.78 is 36.3. The molecule has 0 amide bonds. The first kappa shape index (κ1) is 24.1. The number of nitrogens with one attached hydrogen (secondary N) is 2. The maximum atomic E-state index is 12.6. The van der Waals surface area contributed by atoms with Crippen molar-refractivity contribution >= 4 is 33.4 Å². The molecule has 0 radical (unpaired) electrons. The number of rotatable bonds is 10. The number of hydrogen-bond acceptors (Lipinski definition) is 7. The number of carbonyl (C=O) groups is 3. The van der Waals surface area contributed by atoms with Crippen LogP contribution in [0.15, 0.2) is 24.3 Å². The van der Waals surface area contributed by atoms with Gasteiger partial charge in [0.25, 0.3) is 0 Å². The van der Waals surface area contributed by atoms with Gasteiger partial charge in [-0.2, -0.15) is 0 Å². The molecule has 0 spiro atoms. The van der Waals surface area contributed by atoms with Gasteiger partial charge in [-0.1, -0.05) is 13.0 Å². The van der Waals surface area contributed by atoms with Crippen LogP contribution in [0.1, 0.15) is 62.7 Å². The molecule has 1 aromatic heterocycles. The first-order chi connectivity index (χ1) is 14.6. The second-order valence-corrected chi connectivity index (χ2v) is 8.69. The number of aryl methyl sites for hydroxylation is 1. The highest BCUT2D eigenvalue weighted by atomic mass is 32.2. The van der Waals surface area contributed by atoms with Crippen molar-refractivity contribution in [2.24, 2.45) is 0 Å². The normalized spacial score (nSPS) is 11.1. The van der Waals surface area contributed by atoms with Crippen molar-refractivity contribution in [1.29, 1.82) is 0 Å². The van der Waals surface area contributed by atoms with Gasteiger partial charge in [-0.3, -0.25) is 9.52 Å². The van der Waals surface area contributed by atoms with Crippen molar-refractivity contribution in [3.05, 3.63) is 52.3 Å². The molecule has 0 fully saturated rings. The van der Waals surface area contributed by atoms with Crippen LogP contribution in [0.25, 0.3) is 0 Å². The van der Waals surface area contributed by atoms with Crippen LogP contribution in [-0.2, 0) is 19.5 Å². The Hall–Kier alpha value is -3.14. The predicted octanol–water partition coefficient (Wildman–Crippen LogP) is 3.00. The topological polar surface area (TPSA) is 132 Å². The van der Waals surface area contributed by atoms with Crippen molar-refractivity contribution in [3.63, 3.8) is 0 Å². The first-order valence-corrected chi connectivity index (χ1v) is 11.4. The fraction of sp³-hybridized carbons (Fsp3) is 0.381. The lowest BCUT2D eigenvalue weighted by Crippen LogP contribution is -2.17. The van der Waals surface area contributed by atoms with Gasteiger partial charge in [0.2, 0.25) is 15.8 Å². The summed E-state index contributed by atoms with van der Waals surface area (Å²) in [6.07, 6.45) is 0.453. The van der Waals surface area contributed by atoms with Gasteiger partial charge in [0.05, 0.1) is 17.9 Å². The number of sulfonamides is 1. The van der Waals surface area contributed by atoms with Gasteiger partial charge in [-0.15, -0.1) is 0 Å². The molecule has 1 aromatic carbocycles. The first-order valence-electron chi connectivity index (χ1n) is 9.76. The number of hydrogen-bond donors (Lipinski definition) is 2. The molecule has 0 saturated heterocycles. The minimum absolute atomic E-state index is 0.0423. The molecule has 10 heteroatoms. The Kier molecular flexibility index (Phi) is 7.98. The summed E-state index contributed by atoms with van der Waals surface area (Å²) in [4.78, 5) is 39.8. The number of Topliss-reactive ketones (excluding diaryl/α,β-unsaturated/α-hetero) is 1. The number of carbonyl (C=O) groups excluding carboxylic acids is 3. The summed E-state index contributed by atoms with van der Waals surface area (Å²) in [6, 6.07) is 5.81. The van der Waals surface area contributed by atoms with E-state index in [9.17, 15) is 22.8 Å². The zero-order valence-electron chi connectivity index (χ0n) is 17.9. The lowest BCUT2D eigenvalue weighted by atomic mass is 10.1. The van der Waals surface area contributed by atoms with Crippen LogP contribution >= 0.6 is 0 Å². The summed E-state index contributed by atoms with van der Waals surface area (Å²) in [6.45, 7) is 6.33. The molecular weight excluding hydrogens is 424 g/mol. The van der Waals surface area contributed by atoms with Crippen LogP contribution < -0.4 is 4.72 Å². The van der Waals surface area contributed by atoms with E-state index in [1.165, 1.54) is 24.3 Å². The van der Waals surface area contributed by atoms with Crippen LogP contribution in [0.4, 0.5) is 5.69 Å². The van der Waals surface area contributed by atoms with E-state index in [0.29, 0.717) is 17.7 Å². The third-order valence-corrected chi connectivity index (χ3v) is 5.87. The third-order valence-electron chi connectivity index (χ3n) is 4.37.